The van der Waals surface area contributed by atoms with Crippen LogP contribution in [0.4, 0.5) is 11.4 Å². The third-order valence-electron chi connectivity index (χ3n) is 12.3. The monoisotopic (exact) mass is 820 g/mol. The number of hydrogen-bond acceptors (Lipinski definition) is 8. The SMILES string of the molecule is CCCCCCCOc1ccc(N2C(=O)c3ccc4c5c(C#N)cc6c7c(ccc(c8c(C#N)cc(c3c48)C2=O)c75)C(=O)N(c2ccc(OCCCCCCC)cc2)C6=O)cc1. The van der Waals surface area contributed by atoms with Crippen molar-refractivity contribution in [3.63, 3.8) is 0 Å². The van der Waals surface area contributed by atoms with E-state index in [9.17, 15) is 29.7 Å². The molecule has 0 radical (unpaired) electrons. The number of fused-ring (bicyclic) bond motifs is 2. The molecule has 0 unspecified atom stereocenters. The van der Waals surface area contributed by atoms with E-state index >= 15 is 0 Å². The molecule has 2 heterocycles. The van der Waals surface area contributed by atoms with E-state index < -0.39 is 23.6 Å². The molecule has 0 saturated carbocycles. The maximum absolute atomic E-state index is 14.4. The molecule has 4 amide bonds. The predicted octanol–water partition coefficient (Wildman–Crippen LogP) is 11.8. The van der Waals surface area contributed by atoms with Crippen molar-refractivity contribution in [2.24, 2.45) is 0 Å². The zero-order valence-corrected chi connectivity index (χ0v) is 34.8. The van der Waals surface area contributed by atoms with Gasteiger partial charge in [0.1, 0.15) is 11.5 Å². The Morgan fingerprint density at radius 1 is 0.435 bits per heavy atom. The number of unbranched alkanes of at least 4 members (excludes halogenated alkanes) is 8. The lowest BCUT2D eigenvalue weighted by Gasteiger charge is -2.30. The standard InChI is InChI=1S/C52H44N4O6/c1-3-5-7-9-11-25-61-35-17-13-33(14-18-35)55-49(57)39-23-21-37-44-32(30-54)28-42-46-40(24-22-38(48(44)46)43-31(29-53)27-41(51(55)59)45(39)47(37)43)50(58)56(52(42)60)34-15-19-36(20-16-34)62-26-12-10-8-6-4-2/h13-24,27-28H,3-12,25-26H2,1-2H3. The van der Waals surface area contributed by atoms with Gasteiger partial charge in [-0.05, 0) is 96.4 Å². The van der Waals surface area contributed by atoms with E-state index in [1.807, 2.05) is 0 Å². The second kappa shape index (κ2) is 16.6. The van der Waals surface area contributed by atoms with Crippen LogP contribution in [0.2, 0.25) is 0 Å². The number of benzene rings is 7. The summed E-state index contributed by atoms with van der Waals surface area (Å²) in [5.41, 5.74) is 2.00. The van der Waals surface area contributed by atoms with Crippen LogP contribution in [0.3, 0.4) is 0 Å². The van der Waals surface area contributed by atoms with E-state index in [4.69, 9.17) is 9.47 Å². The van der Waals surface area contributed by atoms with Crippen molar-refractivity contribution in [2.75, 3.05) is 23.0 Å². The van der Waals surface area contributed by atoms with E-state index in [1.165, 1.54) is 50.7 Å². The van der Waals surface area contributed by atoms with Crippen molar-refractivity contribution in [3.8, 4) is 23.6 Å². The van der Waals surface area contributed by atoms with Crippen LogP contribution in [-0.2, 0) is 0 Å². The molecule has 10 nitrogen and oxygen atoms in total. The van der Waals surface area contributed by atoms with Crippen LogP contribution in [0.5, 0.6) is 11.5 Å². The van der Waals surface area contributed by atoms with Crippen molar-refractivity contribution in [1.82, 2.24) is 0 Å². The second-order valence-corrected chi connectivity index (χ2v) is 16.1. The fourth-order valence-corrected chi connectivity index (χ4v) is 9.29. The van der Waals surface area contributed by atoms with Crippen molar-refractivity contribution in [3.05, 3.63) is 118 Å². The number of anilines is 2. The highest BCUT2D eigenvalue weighted by molar-refractivity contribution is 6.46. The molecule has 0 aromatic heterocycles. The number of carbonyl (C=O) groups excluding carboxylic acids is 4. The number of carbonyl (C=O) groups is 4. The molecule has 0 fully saturated rings. The van der Waals surface area contributed by atoms with Crippen LogP contribution in [0, 0.1) is 22.7 Å². The summed E-state index contributed by atoms with van der Waals surface area (Å²) in [5.74, 6) is -0.937. The highest BCUT2D eigenvalue weighted by Gasteiger charge is 2.39. The van der Waals surface area contributed by atoms with Crippen LogP contribution in [0.25, 0.3) is 43.1 Å². The smallest absolute Gasteiger partial charge is 0.266 e. The van der Waals surface area contributed by atoms with Gasteiger partial charge < -0.3 is 9.47 Å². The Kier molecular flexibility index (Phi) is 10.8. The Morgan fingerprint density at radius 2 is 0.806 bits per heavy atom. The van der Waals surface area contributed by atoms with Crippen molar-refractivity contribution >= 4 is 78.1 Å². The van der Waals surface area contributed by atoms with Crippen molar-refractivity contribution in [2.45, 2.75) is 78.1 Å². The molecule has 0 saturated heterocycles. The maximum atomic E-state index is 14.4. The van der Waals surface area contributed by atoms with Gasteiger partial charge in [-0.15, -0.1) is 0 Å². The first-order chi connectivity index (χ1) is 30.3. The maximum Gasteiger partial charge on any atom is 0.266 e. The highest BCUT2D eigenvalue weighted by atomic mass is 16.5. The lowest BCUT2D eigenvalue weighted by atomic mass is 9.79. The fraction of sp³-hybridized carbons (Fsp3) is 0.269. The first-order valence-electron chi connectivity index (χ1n) is 21.6. The molecule has 2 aliphatic rings. The van der Waals surface area contributed by atoms with E-state index in [0.29, 0.717) is 79.2 Å². The summed E-state index contributed by atoms with van der Waals surface area (Å²) in [7, 11) is 0. The Balaban J connectivity index is 1.11. The van der Waals surface area contributed by atoms with Crippen LogP contribution in [0.15, 0.2) is 84.9 Å². The summed E-state index contributed by atoms with van der Waals surface area (Å²) in [6.45, 7) is 5.50. The lowest BCUT2D eigenvalue weighted by Crippen LogP contribution is -2.40. The molecular weight excluding hydrogens is 777 g/mol. The molecule has 10 heteroatoms. The van der Waals surface area contributed by atoms with E-state index in [2.05, 4.69) is 26.0 Å². The summed E-state index contributed by atoms with van der Waals surface area (Å²) in [4.78, 5) is 59.9. The van der Waals surface area contributed by atoms with Crippen molar-refractivity contribution < 1.29 is 28.7 Å². The minimum absolute atomic E-state index is 0.180. The van der Waals surface area contributed by atoms with Gasteiger partial charge in [0.15, 0.2) is 0 Å². The Morgan fingerprint density at radius 3 is 1.18 bits per heavy atom. The molecule has 0 bridgehead atoms. The van der Waals surface area contributed by atoms with Gasteiger partial charge in [-0.2, -0.15) is 10.5 Å². The number of imide groups is 2. The number of amides is 4. The Labute approximate surface area is 359 Å². The third-order valence-corrected chi connectivity index (χ3v) is 12.3. The zero-order valence-electron chi connectivity index (χ0n) is 34.8. The summed E-state index contributed by atoms with van der Waals surface area (Å²) < 4.78 is 11.9. The van der Waals surface area contributed by atoms with E-state index in [0.717, 1.165) is 35.5 Å². The van der Waals surface area contributed by atoms with Crippen LogP contribution in [-0.4, -0.2) is 36.8 Å². The van der Waals surface area contributed by atoms with Crippen molar-refractivity contribution in [1.29, 1.82) is 10.5 Å². The average Bonchev–Trinajstić information content (AvgIpc) is 3.29. The number of rotatable bonds is 16. The molecular formula is C52H44N4O6. The molecule has 9 rings (SSSR count). The number of nitriles is 2. The lowest BCUT2D eigenvalue weighted by molar-refractivity contribution is 0.0877. The van der Waals surface area contributed by atoms with Crippen LogP contribution < -0.4 is 19.3 Å². The molecule has 308 valence electrons. The first-order valence-corrected chi connectivity index (χ1v) is 21.6. The zero-order chi connectivity index (χ0) is 43.1. The number of nitrogens with zero attached hydrogens (tertiary/aromatic N) is 4. The number of ether oxygens (including phenoxy) is 2. The molecule has 0 N–H and O–H groups in total. The summed E-state index contributed by atoms with van der Waals surface area (Å²) in [5, 5.41) is 25.2. The van der Waals surface area contributed by atoms with Gasteiger partial charge in [0.05, 0.1) is 59.0 Å². The molecule has 0 spiro atoms. The first kappa shape index (κ1) is 40.1. The minimum atomic E-state index is -0.581. The van der Waals surface area contributed by atoms with Crippen LogP contribution in [0.1, 0.15) is 131 Å². The van der Waals surface area contributed by atoms with Gasteiger partial charge in [0.2, 0.25) is 0 Å². The molecule has 7 aromatic carbocycles. The quantitative estimate of drug-likeness (QED) is 0.0406. The van der Waals surface area contributed by atoms with Gasteiger partial charge in [-0.3, -0.25) is 19.2 Å². The average molecular weight is 821 g/mol. The van der Waals surface area contributed by atoms with Gasteiger partial charge in [0, 0.05) is 43.4 Å². The summed E-state index contributed by atoms with van der Waals surface area (Å²) in [6, 6.07) is 28.1. The summed E-state index contributed by atoms with van der Waals surface area (Å²) in [6.07, 6.45) is 11.1. The molecule has 7 aromatic rings. The topological polar surface area (TPSA) is 141 Å². The number of hydrogen-bond donors (Lipinski definition) is 0. The Hall–Kier alpha value is -7.30. The minimum Gasteiger partial charge on any atom is -0.494 e. The van der Waals surface area contributed by atoms with Crippen LogP contribution >= 0.6 is 0 Å². The molecule has 0 aliphatic carbocycles. The van der Waals surface area contributed by atoms with Gasteiger partial charge in [-0.25, -0.2) is 9.80 Å². The molecule has 2 aliphatic heterocycles. The van der Waals surface area contributed by atoms with Gasteiger partial charge in [-0.1, -0.05) is 77.3 Å². The second-order valence-electron chi connectivity index (χ2n) is 16.1. The molecule has 0 atom stereocenters. The van der Waals surface area contributed by atoms with Gasteiger partial charge in [0.25, 0.3) is 23.6 Å². The van der Waals surface area contributed by atoms with E-state index in [-0.39, 0.29) is 33.4 Å². The third kappa shape index (κ3) is 6.55. The normalized spacial score (nSPS) is 13.5. The molecule has 62 heavy (non-hydrogen) atoms. The van der Waals surface area contributed by atoms with E-state index in [1.54, 1.807) is 72.8 Å². The van der Waals surface area contributed by atoms with Gasteiger partial charge >= 0.3 is 0 Å². The predicted molar refractivity (Wildman–Crippen MR) is 241 cm³/mol. The largest absolute Gasteiger partial charge is 0.494 e. The highest BCUT2D eigenvalue weighted by Crippen LogP contribution is 2.49. The fourth-order valence-electron chi connectivity index (χ4n) is 9.29. The summed E-state index contributed by atoms with van der Waals surface area (Å²) >= 11 is 0. The Bertz CT molecular complexity index is 2840.